The molecule has 0 fully saturated rings. The molecule has 0 saturated heterocycles. The topological polar surface area (TPSA) is 77.0 Å². The summed E-state index contributed by atoms with van der Waals surface area (Å²) in [6, 6.07) is 5.35. The molecule has 0 radical (unpaired) electrons. The van der Waals surface area contributed by atoms with Crippen LogP contribution in [0.15, 0.2) is 49.1 Å². The lowest BCUT2D eigenvalue weighted by Gasteiger charge is -2.02. The van der Waals surface area contributed by atoms with Gasteiger partial charge in [-0.25, -0.2) is 14.8 Å². The van der Waals surface area contributed by atoms with Crippen molar-refractivity contribution in [3.63, 3.8) is 0 Å². The Morgan fingerprint density at radius 1 is 1.26 bits per heavy atom. The van der Waals surface area contributed by atoms with Crippen molar-refractivity contribution in [2.24, 2.45) is 0 Å². The number of methoxy groups -OCH3 is 1. The Balaban J connectivity index is 2.12. The van der Waals surface area contributed by atoms with Crippen LogP contribution in [-0.2, 0) is 9.53 Å². The van der Waals surface area contributed by atoms with Gasteiger partial charge in [0.1, 0.15) is 5.82 Å². The van der Waals surface area contributed by atoms with Gasteiger partial charge in [-0.2, -0.15) is 0 Å². The fourth-order valence-electron chi connectivity index (χ4n) is 1.34. The van der Waals surface area contributed by atoms with E-state index in [0.717, 1.165) is 5.56 Å². The fourth-order valence-corrected chi connectivity index (χ4v) is 1.34. The average Bonchev–Trinajstić information content (AvgIpc) is 2.48. The first kappa shape index (κ1) is 12.7. The highest BCUT2D eigenvalue weighted by Gasteiger charge is 2.01. The average molecular weight is 256 g/mol. The molecule has 2 aromatic heterocycles. The molecule has 0 unspecified atom stereocenters. The largest absolute Gasteiger partial charge is 0.466 e. The van der Waals surface area contributed by atoms with Crippen LogP contribution >= 0.6 is 0 Å². The van der Waals surface area contributed by atoms with Gasteiger partial charge in [-0.3, -0.25) is 4.98 Å². The number of hydrogen-bond donors (Lipinski definition) is 1. The van der Waals surface area contributed by atoms with Crippen LogP contribution in [0.2, 0.25) is 0 Å². The molecule has 0 atom stereocenters. The van der Waals surface area contributed by atoms with E-state index in [1.165, 1.54) is 19.4 Å². The molecule has 96 valence electrons. The Hall–Kier alpha value is -2.76. The van der Waals surface area contributed by atoms with Crippen LogP contribution in [0.25, 0.3) is 11.4 Å². The molecular weight excluding hydrogens is 244 g/mol. The highest BCUT2D eigenvalue weighted by atomic mass is 16.5. The molecule has 2 rings (SSSR count). The minimum Gasteiger partial charge on any atom is -0.466 e. The summed E-state index contributed by atoms with van der Waals surface area (Å²) in [7, 11) is 1.32. The van der Waals surface area contributed by atoms with Crippen molar-refractivity contribution >= 4 is 11.8 Å². The van der Waals surface area contributed by atoms with Gasteiger partial charge in [-0.15, -0.1) is 0 Å². The van der Waals surface area contributed by atoms with Crippen LogP contribution in [0.3, 0.4) is 0 Å². The molecule has 2 heterocycles. The number of nitrogens with one attached hydrogen (secondary N) is 1. The summed E-state index contributed by atoms with van der Waals surface area (Å²) >= 11 is 0. The quantitative estimate of drug-likeness (QED) is 0.662. The number of nitrogens with zero attached hydrogens (tertiary/aromatic N) is 3. The lowest BCUT2D eigenvalue weighted by atomic mass is 10.2. The predicted octanol–water partition coefficient (Wildman–Crippen LogP) is 1.64. The third-order valence-electron chi connectivity index (χ3n) is 2.25. The summed E-state index contributed by atoms with van der Waals surface area (Å²) in [6.45, 7) is 0. The number of hydrogen-bond acceptors (Lipinski definition) is 6. The molecular formula is C13H12N4O2. The van der Waals surface area contributed by atoms with E-state index in [2.05, 4.69) is 25.0 Å². The summed E-state index contributed by atoms with van der Waals surface area (Å²) in [6.07, 6.45) is 7.72. The lowest BCUT2D eigenvalue weighted by Crippen LogP contribution is -1.98. The van der Waals surface area contributed by atoms with E-state index >= 15 is 0 Å². The van der Waals surface area contributed by atoms with E-state index in [1.807, 2.05) is 12.1 Å². The van der Waals surface area contributed by atoms with E-state index in [1.54, 1.807) is 24.7 Å². The van der Waals surface area contributed by atoms with Crippen molar-refractivity contribution in [3.8, 4) is 11.4 Å². The van der Waals surface area contributed by atoms with Crippen molar-refractivity contribution in [2.75, 3.05) is 12.4 Å². The van der Waals surface area contributed by atoms with Gasteiger partial charge < -0.3 is 10.1 Å². The van der Waals surface area contributed by atoms with Gasteiger partial charge in [-0.1, -0.05) is 0 Å². The number of esters is 1. The second-order valence-corrected chi connectivity index (χ2v) is 3.50. The summed E-state index contributed by atoms with van der Waals surface area (Å²) in [4.78, 5) is 23.3. The zero-order valence-electron chi connectivity index (χ0n) is 10.3. The summed E-state index contributed by atoms with van der Waals surface area (Å²) in [5.41, 5.74) is 0.871. The van der Waals surface area contributed by atoms with Crippen molar-refractivity contribution in [2.45, 2.75) is 0 Å². The first-order valence-electron chi connectivity index (χ1n) is 5.54. The molecule has 19 heavy (non-hydrogen) atoms. The summed E-state index contributed by atoms with van der Waals surface area (Å²) in [5, 5.41) is 2.87. The van der Waals surface area contributed by atoms with Crippen LogP contribution in [0.5, 0.6) is 0 Å². The minimum absolute atomic E-state index is 0.434. The van der Waals surface area contributed by atoms with Gasteiger partial charge in [0.25, 0.3) is 0 Å². The smallest absolute Gasteiger partial charge is 0.331 e. The molecule has 0 amide bonds. The first-order chi connectivity index (χ1) is 9.29. The van der Waals surface area contributed by atoms with Gasteiger partial charge in [0, 0.05) is 36.4 Å². The molecule has 0 bridgehead atoms. The fraction of sp³-hybridized carbons (Fsp3) is 0.0769. The van der Waals surface area contributed by atoms with Crippen molar-refractivity contribution < 1.29 is 9.53 Å². The summed E-state index contributed by atoms with van der Waals surface area (Å²) < 4.78 is 4.48. The maximum Gasteiger partial charge on any atom is 0.331 e. The maximum atomic E-state index is 10.9. The van der Waals surface area contributed by atoms with Crippen molar-refractivity contribution in [1.29, 1.82) is 0 Å². The van der Waals surface area contributed by atoms with E-state index in [0.29, 0.717) is 11.6 Å². The van der Waals surface area contributed by atoms with Crippen LogP contribution in [0.4, 0.5) is 5.82 Å². The van der Waals surface area contributed by atoms with E-state index in [4.69, 9.17) is 0 Å². The zero-order valence-corrected chi connectivity index (χ0v) is 10.3. The van der Waals surface area contributed by atoms with Gasteiger partial charge in [0.2, 0.25) is 0 Å². The van der Waals surface area contributed by atoms with Crippen LogP contribution in [0.1, 0.15) is 0 Å². The molecule has 6 nitrogen and oxygen atoms in total. The SMILES string of the molecule is COC(=O)C=CNc1ccnc(-c2ccncc2)n1. The predicted molar refractivity (Wildman–Crippen MR) is 70.0 cm³/mol. The second kappa shape index (κ2) is 6.25. The molecule has 6 heteroatoms. The molecule has 2 aromatic rings. The van der Waals surface area contributed by atoms with Gasteiger partial charge >= 0.3 is 5.97 Å². The zero-order chi connectivity index (χ0) is 13.5. The number of carbonyl (C=O) groups is 1. The molecule has 1 N–H and O–H groups in total. The molecule has 0 aliphatic rings. The van der Waals surface area contributed by atoms with Crippen molar-refractivity contribution in [3.05, 3.63) is 49.1 Å². The third kappa shape index (κ3) is 3.60. The maximum absolute atomic E-state index is 10.9. The Labute approximate surface area is 110 Å². The van der Waals surface area contributed by atoms with E-state index < -0.39 is 5.97 Å². The Morgan fingerprint density at radius 2 is 2.05 bits per heavy atom. The first-order valence-corrected chi connectivity index (χ1v) is 5.54. The Bertz CT molecular complexity index is 584. The number of aromatic nitrogens is 3. The van der Waals surface area contributed by atoms with Crippen LogP contribution in [-0.4, -0.2) is 28.0 Å². The molecule has 0 aliphatic carbocycles. The molecule has 0 aromatic carbocycles. The Morgan fingerprint density at radius 3 is 2.79 bits per heavy atom. The number of pyridine rings is 1. The highest BCUT2D eigenvalue weighted by Crippen LogP contribution is 2.14. The molecule has 0 saturated carbocycles. The third-order valence-corrected chi connectivity index (χ3v) is 2.25. The van der Waals surface area contributed by atoms with Crippen LogP contribution in [0, 0.1) is 0 Å². The summed E-state index contributed by atoms with van der Waals surface area (Å²) in [5.74, 6) is 0.733. The Kier molecular flexibility index (Phi) is 4.17. The normalized spacial score (nSPS) is 10.4. The molecule has 0 aliphatic heterocycles. The van der Waals surface area contributed by atoms with Crippen molar-refractivity contribution in [1.82, 2.24) is 15.0 Å². The van der Waals surface area contributed by atoms with E-state index in [9.17, 15) is 4.79 Å². The minimum atomic E-state index is -0.434. The monoisotopic (exact) mass is 256 g/mol. The standard InChI is InChI=1S/C13H12N4O2/c1-19-12(18)5-9-15-11-4-8-16-13(17-11)10-2-6-14-7-3-10/h2-9H,1H3,(H,15,16,17). The van der Waals surface area contributed by atoms with Gasteiger partial charge in [0.05, 0.1) is 7.11 Å². The second-order valence-electron chi connectivity index (χ2n) is 3.50. The number of ether oxygens (including phenoxy) is 1. The van der Waals surface area contributed by atoms with Crippen LogP contribution < -0.4 is 5.32 Å². The molecule has 0 spiro atoms. The lowest BCUT2D eigenvalue weighted by molar-refractivity contribution is -0.134. The number of anilines is 1. The number of carbonyl (C=O) groups excluding carboxylic acids is 1. The van der Waals surface area contributed by atoms with Gasteiger partial charge in [0.15, 0.2) is 5.82 Å². The number of rotatable bonds is 4. The van der Waals surface area contributed by atoms with E-state index in [-0.39, 0.29) is 0 Å². The highest BCUT2D eigenvalue weighted by molar-refractivity contribution is 5.82. The van der Waals surface area contributed by atoms with Gasteiger partial charge in [-0.05, 0) is 18.2 Å².